The number of carbonyl (C=O) groups excluding carboxylic acids is 2. The van der Waals surface area contributed by atoms with E-state index in [1.54, 1.807) is 62.6 Å². The van der Waals surface area contributed by atoms with E-state index in [0.29, 0.717) is 11.4 Å². The van der Waals surface area contributed by atoms with Crippen molar-refractivity contribution in [3.63, 3.8) is 0 Å². The van der Waals surface area contributed by atoms with Gasteiger partial charge in [0, 0.05) is 12.1 Å². The Labute approximate surface area is 250 Å². The molecule has 1 N–H and O–H groups in total. The number of nitrogens with zero attached hydrogens (tertiary/aromatic N) is 2. The molecule has 1 unspecified atom stereocenters. The quantitative estimate of drug-likeness (QED) is 0.310. The molecule has 226 valence electrons. The number of ether oxygens (including phenoxy) is 1. The predicted molar refractivity (Wildman–Crippen MR) is 167 cm³/mol. The number of aryl methyl sites for hydroxylation is 1. The SMILES string of the molecule is COc1ccc(CN(C(=O)CN(c2ccc(C(C)C)cc2)S(=O)(=O)c2ccc(C)cc2)C(C)C(=O)NC(C)(C)C)cc1. The van der Waals surface area contributed by atoms with Gasteiger partial charge >= 0.3 is 0 Å². The molecule has 0 aromatic heterocycles. The average Bonchev–Trinajstić information content (AvgIpc) is 2.93. The van der Waals surface area contributed by atoms with Gasteiger partial charge < -0.3 is 15.0 Å². The van der Waals surface area contributed by atoms with Gasteiger partial charge in [-0.1, -0.05) is 55.8 Å². The van der Waals surface area contributed by atoms with E-state index in [2.05, 4.69) is 19.2 Å². The van der Waals surface area contributed by atoms with Gasteiger partial charge in [0.05, 0.1) is 17.7 Å². The highest BCUT2D eigenvalue weighted by molar-refractivity contribution is 7.92. The molecule has 0 bridgehead atoms. The second kappa shape index (κ2) is 13.4. The summed E-state index contributed by atoms with van der Waals surface area (Å²) in [6.07, 6.45) is 0. The summed E-state index contributed by atoms with van der Waals surface area (Å²) in [5, 5.41) is 2.94. The number of amides is 2. The lowest BCUT2D eigenvalue weighted by Gasteiger charge is -2.33. The van der Waals surface area contributed by atoms with Crippen LogP contribution in [0.25, 0.3) is 0 Å². The van der Waals surface area contributed by atoms with Crippen molar-refractivity contribution >= 4 is 27.5 Å². The molecule has 3 aromatic carbocycles. The van der Waals surface area contributed by atoms with E-state index in [0.717, 1.165) is 21.0 Å². The van der Waals surface area contributed by atoms with Crippen LogP contribution in [0.4, 0.5) is 5.69 Å². The summed E-state index contributed by atoms with van der Waals surface area (Å²) < 4.78 is 34.4. The number of benzene rings is 3. The van der Waals surface area contributed by atoms with E-state index >= 15 is 0 Å². The monoisotopic (exact) mass is 593 g/mol. The lowest BCUT2D eigenvalue weighted by atomic mass is 10.0. The highest BCUT2D eigenvalue weighted by atomic mass is 32.2. The van der Waals surface area contributed by atoms with Gasteiger partial charge in [0.2, 0.25) is 11.8 Å². The van der Waals surface area contributed by atoms with Crippen LogP contribution in [0.1, 0.15) is 64.2 Å². The Morgan fingerprint density at radius 2 is 1.45 bits per heavy atom. The van der Waals surface area contributed by atoms with Crippen molar-refractivity contribution in [2.24, 2.45) is 0 Å². The lowest BCUT2D eigenvalue weighted by Crippen LogP contribution is -2.54. The first-order chi connectivity index (χ1) is 19.6. The van der Waals surface area contributed by atoms with E-state index in [4.69, 9.17) is 4.74 Å². The second-order valence-corrected chi connectivity index (χ2v) is 13.7. The van der Waals surface area contributed by atoms with E-state index in [-0.39, 0.29) is 23.3 Å². The summed E-state index contributed by atoms with van der Waals surface area (Å²) in [7, 11) is -2.55. The minimum Gasteiger partial charge on any atom is -0.497 e. The van der Waals surface area contributed by atoms with E-state index < -0.39 is 34.1 Å². The molecule has 3 aromatic rings. The maximum absolute atomic E-state index is 14.1. The van der Waals surface area contributed by atoms with Crippen LogP contribution in [-0.4, -0.2) is 50.4 Å². The van der Waals surface area contributed by atoms with Crippen LogP contribution in [0.2, 0.25) is 0 Å². The zero-order valence-electron chi connectivity index (χ0n) is 25.8. The number of rotatable bonds is 11. The third-order valence-corrected chi connectivity index (χ3v) is 8.70. The molecule has 0 heterocycles. The first-order valence-corrected chi connectivity index (χ1v) is 15.5. The van der Waals surface area contributed by atoms with Gasteiger partial charge in [0.1, 0.15) is 18.3 Å². The van der Waals surface area contributed by atoms with Gasteiger partial charge in [-0.3, -0.25) is 13.9 Å². The van der Waals surface area contributed by atoms with Crippen molar-refractivity contribution in [1.82, 2.24) is 10.2 Å². The summed E-state index contributed by atoms with van der Waals surface area (Å²) in [6, 6.07) is 20.0. The molecule has 0 fully saturated rings. The highest BCUT2D eigenvalue weighted by Crippen LogP contribution is 2.27. The molecule has 3 rings (SSSR count). The van der Waals surface area contributed by atoms with Crippen molar-refractivity contribution in [2.45, 2.75) is 77.4 Å². The molecule has 8 nitrogen and oxygen atoms in total. The van der Waals surface area contributed by atoms with Gasteiger partial charge in [0.15, 0.2) is 0 Å². The number of anilines is 1. The molecule has 0 saturated carbocycles. The maximum atomic E-state index is 14.1. The van der Waals surface area contributed by atoms with E-state index in [1.807, 2.05) is 52.0 Å². The lowest BCUT2D eigenvalue weighted by molar-refractivity contribution is -0.140. The fourth-order valence-electron chi connectivity index (χ4n) is 4.38. The standard InChI is InChI=1S/C33H43N3O5S/c1-23(2)27-13-15-28(16-14-27)36(42(39,40)30-19-9-24(3)10-20-30)22-31(37)35(25(4)32(38)34-33(5,6)7)21-26-11-17-29(41-8)18-12-26/h9-20,23,25H,21-22H2,1-8H3,(H,34,38). The van der Waals surface area contributed by atoms with Crippen LogP contribution in [0.5, 0.6) is 5.75 Å². The molecule has 0 radical (unpaired) electrons. The Morgan fingerprint density at radius 1 is 0.881 bits per heavy atom. The summed E-state index contributed by atoms with van der Waals surface area (Å²) in [5.41, 5.74) is 2.59. The maximum Gasteiger partial charge on any atom is 0.264 e. The van der Waals surface area contributed by atoms with Crippen molar-refractivity contribution < 1.29 is 22.7 Å². The van der Waals surface area contributed by atoms with Crippen molar-refractivity contribution in [3.8, 4) is 5.75 Å². The van der Waals surface area contributed by atoms with Gasteiger partial charge in [-0.25, -0.2) is 8.42 Å². The molecule has 9 heteroatoms. The molecule has 0 saturated heterocycles. The first kappa shape index (κ1) is 32.7. The van der Waals surface area contributed by atoms with Gasteiger partial charge in [0.25, 0.3) is 10.0 Å². The van der Waals surface area contributed by atoms with Crippen molar-refractivity contribution in [2.75, 3.05) is 18.0 Å². The topological polar surface area (TPSA) is 96.0 Å². The largest absolute Gasteiger partial charge is 0.497 e. The fraction of sp³-hybridized carbons (Fsp3) is 0.394. The molecular weight excluding hydrogens is 550 g/mol. The Balaban J connectivity index is 2.05. The smallest absolute Gasteiger partial charge is 0.264 e. The highest BCUT2D eigenvalue weighted by Gasteiger charge is 2.33. The number of hydrogen-bond acceptors (Lipinski definition) is 5. The minimum atomic E-state index is -4.12. The summed E-state index contributed by atoms with van der Waals surface area (Å²) in [5.74, 6) is 0.0740. The molecule has 2 amide bonds. The molecule has 0 spiro atoms. The number of nitrogens with one attached hydrogen (secondary N) is 1. The van der Waals surface area contributed by atoms with Crippen LogP contribution >= 0.6 is 0 Å². The molecular formula is C33H43N3O5S. The molecule has 0 aliphatic carbocycles. The fourth-order valence-corrected chi connectivity index (χ4v) is 5.79. The third kappa shape index (κ3) is 8.35. The van der Waals surface area contributed by atoms with E-state index in [9.17, 15) is 18.0 Å². The van der Waals surface area contributed by atoms with Gasteiger partial charge in [-0.2, -0.15) is 0 Å². The summed E-state index contributed by atoms with van der Waals surface area (Å²) >= 11 is 0. The van der Waals surface area contributed by atoms with Gasteiger partial charge in [-0.15, -0.1) is 0 Å². The zero-order chi connectivity index (χ0) is 31.2. The number of carbonyl (C=O) groups is 2. The predicted octanol–water partition coefficient (Wildman–Crippen LogP) is 5.65. The van der Waals surface area contributed by atoms with E-state index in [1.165, 1.54) is 4.90 Å². The first-order valence-electron chi connectivity index (χ1n) is 14.1. The Hall–Kier alpha value is -3.85. The summed E-state index contributed by atoms with van der Waals surface area (Å²) in [4.78, 5) is 28.8. The number of sulfonamides is 1. The Kier molecular flexibility index (Phi) is 10.4. The van der Waals surface area contributed by atoms with Crippen LogP contribution in [-0.2, 0) is 26.2 Å². The van der Waals surface area contributed by atoms with Crippen LogP contribution in [0.3, 0.4) is 0 Å². The Morgan fingerprint density at radius 3 is 1.95 bits per heavy atom. The molecule has 1 atom stereocenters. The molecule has 42 heavy (non-hydrogen) atoms. The van der Waals surface area contributed by atoms with Gasteiger partial charge in [-0.05, 0) is 88.1 Å². The average molecular weight is 594 g/mol. The van der Waals surface area contributed by atoms with Crippen LogP contribution in [0.15, 0.2) is 77.7 Å². The second-order valence-electron chi connectivity index (χ2n) is 11.9. The number of methoxy groups -OCH3 is 1. The third-order valence-electron chi connectivity index (χ3n) is 6.91. The van der Waals surface area contributed by atoms with Crippen molar-refractivity contribution in [3.05, 3.63) is 89.5 Å². The van der Waals surface area contributed by atoms with Crippen LogP contribution < -0.4 is 14.4 Å². The van der Waals surface area contributed by atoms with Crippen LogP contribution in [0, 0.1) is 6.92 Å². The minimum absolute atomic E-state index is 0.0778. The Bertz CT molecular complexity index is 1460. The number of hydrogen-bond donors (Lipinski definition) is 1. The molecule has 0 aliphatic rings. The zero-order valence-corrected chi connectivity index (χ0v) is 26.7. The molecule has 0 aliphatic heterocycles. The van der Waals surface area contributed by atoms with Crippen molar-refractivity contribution in [1.29, 1.82) is 0 Å². The summed E-state index contributed by atoms with van der Waals surface area (Å²) in [6.45, 7) is 12.9. The normalized spacial score (nSPS) is 12.5.